The Balaban J connectivity index is 1.72. The van der Waals surface area contributed by atoms with Gasteiger partial charge in [-0.2, -0.15) is 0 Å². The topological polar surface area (TPSA) is 171 Å². The van der Waals surface area contributed by atoms with E-state index >= 15 is 0 Å². The van der Waals surface area contributed by atoms with Crippen molar-refractivity contribution < 1.29 is 22.9 Å². The predicted octanol–water partition coefficient (Wildman–Crippen LogP) is 3.53. The lowest BCUT2D eigenvalue weighted by molar-refractivity contribution is -0.384. The summed E-state index contributed by atoms with van der Waals surface area (Å²) in [6.07, 6.45) is 0.381. The summed E-state index contributed by atoms with van der Waals surface area (Å²) in [4.78, 5) is 30.8. The molecular weight excluding hydrogens is 580 g/mol. The van der Waals surface area contributed by atoms with Crippen LogP contribution in [0.3, 0.4) is 0 Å². The monoisotopic (exact) mass is 602 g/mol. The van der Waals surface area contributed by atoms with Crippen molar-refractivity contribution in [1.82, 2.24) is 15.3 Å². The maximum absolute atomic E-state index is 14.1. The highest BCUT2D eigenvalue weighted by Crippen LogP contribution is 2.49. The van der Waals surface area contributed by atoms with Gasteiger partial charge in [0.05, 0.1) is 34.3 Å². The van der Waals surface area contributed by atoms with Crippen LogP contribution < -0.4 is 15.4 Å². The van der Waals surface area contributed by atoms with Crippen LogP contribution in [0, 0.1) is 10.1 Å². The summed E-state index contributed by atoms with van der Waals surface area (Å²) < 4.78 is 35.2. The molecule has 2 aromatic carbocycles. The van der Waals surface area contributed by atoms with E-state index in [1.807, 2.05) is 19.9 Å². The van der Waals surface area contributed by atoms with Gasteiger partial charge in [0.25, 0.3) is 15.7 Å². The highest BCUT2D eigenvalue weighted by atomic mass is 79.9. The number of anilines is 2. The molecule has 198 valence electrons. The van der Waals surface area contributed by atoms with Crippen LogP contribution in [0.1, 0.15) is 25.0 Å². The zero-order valence-electron chi connectivity index (χ0n) is 20.3. The van der Waals surface area contributed by atoms with Gasteiger partial charge in [-0.25, -0.2) is 23.2 Å². The van der Waals surface area contributed by atoms with Gasteiger partial charge in [0.15, 0.2) is 0 Å². The smallest absolute Gasteiger partial charge is 0.407 e. The van der Waals surface area contributed by atoms with Gasteiger partial charge in [0.1, 0.15) is 18.2 Å². The van der Waals surface area contributed by atoms with Gasteiger partial charge in [-0.3, -0.25) is 14.4 Å². The van der Waals surface area contributed by atoms with Crippen LogP contribution in [-0.4, -0.2) is 48.6 Å². The van der Waals surface area contributed by atoms with Crippen molar-refractivity contribution >= 4 is 49.2 Å². The fraction of sp³-hybridized carbons (Fsp3) is 0.292. The zero-order valence-corrected chi connectivity index (χ0v) is 22.7. The summed E-state index contributed by atoms with van der Waals surface area (Å²) in [5.74, 6) is 0.356. The third-order valence-electron chi connectivity index (χ3n) is 6.66. The number of nitrogens with two attached hydrogens (primary N) is 1. The number of hydrogen-bond acceptors (Lipinski definition) is 9. The summed E-state index contributed by atoms with van der Waals surface area (Å²) in [7, 11) is -4.28. The molecule has 0 radical (unpaired) electrons. The highest BCUT2D eigenvalue weighted by molar-refractivity contribution is 9.10. The lowest BCUT2D eigenvalue weighted by Crippen LogP contribution is -2.40. The fourth-order valence-electron chi connectivity index (χ4n) is 4.97. The number of nitro groups is 1. The van der Waals surface area contributed by atoms with Gasteiger partial charge in [0, 0.05) is 27.7 Å². The minimum atomic E-state index is -4.28. The molecule has 12 nitrogen and oxygen atoms in total. The van der Waals surface area contributed by atoms with Crippen LogP contribution in [0.5, 0.6) is 0 Å². The number of amides is 1. The largest absolute Gasteiger partial charge is 0.442 e. The van der Waals surface area contributed by atoms with Crippen molar-refractivity contribution in [2.45, 2.75) is 36.7 Å². The molecule has 2 heterocycles. The Bertz CT molecular complexity index is 1580. The molecule has 0 unspecified atom stereocenters. The van der Waals surface area contributed by atoms with E-state index in [4.69, 9.17) is 10.5 Å². The average Bonchev–Trinajstić information content (AvgIpc) is 3.27. The fourth-order valence-corrected chi connectivity index (χ4v) is 7.22. The van der Waals surface area contributed by atoms with E-state index < -0.39 is 32.6 Å². The van der Waals surface area contributed by atoms with Gasteiger partial charge in [-0.15, -0.1) is 0 Å². The van der Waals surface area contributed by atoms with Crippen LogP contribution in [-0.2, 0) is 26.6 Å². The number of nitrogen functional groups attached to an aromatic ring is 1. The van der Waals surface area contributed by atoms with Crippen molar-refractivity contribution in [2.24, 2.45) is 0 Å². The summed E-state index contributed by atoms with van der Waals surface area (Å²) in [5, 5.41) is 13.7. The normalized spacial score (nSPS) is 17.7. The quantitative estimate of drug-likeness (QED) is 0.316. The predicted molar refractivity (Wildman–Crippen MR) is 142 cm³/mol. The molecule has 3 N–H and O–H groups in total. The Morgan fingerprint density at radius 2 is 1.95 bits per heavy atom. The molecule has 1 saturated heterocycles. The van der Waals surface area contributed by atoms with Crippen LogP contribution in [0.15, 0.2) is 52.1 Å². The highest BCUT2D eigenvalue weighted by Gasteiger charge is 2.40. The maximum atomic E-state index is 14.1. The number of nitrogens with zero attached hydrogens (tertiary/aromatic N) is 4. The van der Waals surface area contributed by atoms with Crippen molar-refractivity contribution in [3.8, 4) is 11.3 Å². The molecule has 1 aromatic heterocycles. The van der Waals surface area contributed by atoms with E-state index in [0.717, 1.165) is 17.7 Å². The number of alkyl carbamates (subject to hydrolysis) is 1. The zero-order chi connectivity index (χ0) is 27.4. The first-order chi connectivity index (χ1) is 17.9. The molecule has 1 atom stereocenters. The molecule has 1 amide bonds. The number of cyclic esters (lactones) is 1. The van der Waals surface area contributed by atoms with Gasteiger partial charge >= 0.3 is 6.09 Å². The van der Waals surface area contributed by atoms with E-state index in [0.29, 0.717) is 39.2 Å². The molecule has 1 aliphatic carbocycles. The first-order valence-corrected chi connectivity index (χ1v) is 13.8. The molecule has 3 aromatic rings. The molecule has 0 spiro atoms. The van der Waals surface area contributed by atoms with E-state index in [9.17, 15) is 23.3 Å². The molecule has 1 fully saturated rings. The van der Waals surface area contributed by atoms with Crippen LogP contribution in [0.25, 0.3) is 11.3 Å². The van der Waals surface area contributed by atoms with E-state index in [-0.39, 0.29) is 23.7 Å². The summed E-state index contributed by atoms with van der Waals surface area (Å²) in [5.41, 5.74) is 8.62. The number of fused-ring (bicyclic) bond motifs is 3. The average molecular weight is 603 g/mol. The number of rotatable bonds is 6. The lowest BCUT2D eigenvalue weighted by atomic mass is 9.71. The van der Waals surface area contributed by atoms with Crippen molar-refractivity contribution in [3.05, 3.63) is 68.4 Å². The minimum Gasteiger partial charge on any atom is -0.442 e. The summed E-state index contributed by atoms with van der Waals surface area (Å²) in [6.45, 7) is 3.90. The molecule has 0 saturated carbocycles. The lowest BCUT2D eigenvalue weighted by Gasteiger charge is -2.37. The number of nitrogens with one attached hydrogen (secondary N) is 1. The number of non-ortho nitro benzene ring substituents is 1. The second kappa shape index (κ2) is 9.20. The van der Waals surface area contributed by atoms with Crippen LogP contribution in [0.4, 0.5) is 22.0 Å². The third-order valence-corrected chi connectivity index (χ3v) is 9.08. The molecule has 14 heteroatoms. The standard InChI is InChI=1S/C24H23BrN6O6S/c1-24(2)9-17-16(20-19(24)22(26)29-12-28-20)7-8-18(25)21(17)30(11-14-10-27-23(32)37-14)38(35,36)15-5-3-13(4-6-15)31(33)34/h3-8,12,14H,9-11H2,1-2H3,(H,27,32)(H2,26,28,29)/t14-/m0/s1. The Hall–Kier alpha value is -3.78. The van der Waals surface area contributed by atoms with Crippen molar-refractivity contribution in [1.29, 1.82) is 0 Å². The number of hydrogen-bond donors (Lipinski definition) is 2. The van der Waals surface area contributed by atoms with E-state index in [1.165, 1.54) is 22.8 Å². The van der Waals surface area contributed by atoms with Gasteiger partial charge in [0.2, 0.25) is 0 Å². The number of nitro benzene ring substituents is 1. The molecule has 5 rings (SSSR count). The summed E-state index contributed by atoms with van der Waals surface area (Å²) in [6, 6.07) is 8.22. The molecular formula is C24H23BrN6O6S. The third kappa shape index (κ3) is 4.32. The van der Waals surface area contributed by atoms with Gasteiger partial charge in [-0.05, 0) is 51.5 Å². The number of aromatic nitrogens is 2. The number of carbonyl (C=O) groups is 1. The maximum Gasteiger partial charge on any atom is 0.407 e. The SMILES string of the molecule is CC1(C)Cc2c(ccc(Br)c2N(C[C@@H]2CNC(=O)O2)S(=O)(=O)c2ccc([N+](=O)[O-])cc2)-c2ncnc(N)c21. The molecule has 1 aliphatic heterocycles. The first kappa shape index (κ1) is 25.9. The first-order valence-electron chi connectivity index (χ1n) is 11.5. The van der Waals surface area contributed by atoms with Crippen LogP contribution >= 0.6 is 15.9 Å². The minimum absolute atomic E-state index is 0.121. The van der Waals surface area contributed by atoms with Crippen molar-refractivity contribution in [3.63, 3.8) is 0 Å². The molecule has 38 heavy (non-hydrogen) atoms. The van der Waals surface area contributed by atoms with Crippen molar-refractivity contribution in [2.75, 3.05) is 23.1 Å². The van der Waals surface area contributed by atoms with E-state index in [1.54, 1.807) is 6.07 Å². The number of halogens is 1. The Morgan fingerprint density at radius 3 is 2.58 bits per heavy atom. The number of ether oxygens (including phenoxy) is 1. The number of benzene rings is 2. The van der Waals surface area contributed by atoms with Crippen LogP contribution in [0.2, 0.25) is 0 Å². The second-order valence-electron chi connectivity index (χ2n) is 9.66. The van der Waals surface area contributed by atoms with Gasteiger partial charge in [-0.1, -0.05) is 19.9 Å². The second-order valence-corrected chi connectivity index (χ2v) is 12.4. The summed E-state index contributed by atoms with van der Waals surface area (Å²) >= 11 is 3.55. The molecule has 0 bridgehead atoms. The Kier molecular flexibility index (Phi) is 6.26. The number of sulfonamides is 1. The Morgan fingerprint density at radius 1 is 1.24 bits per heavy atom. The number of carbonyl (C=O) groups excluding carboxylic acids is 1. The van der Waals surface area contributed by atoms with Gasteiger partial charge < -0.3 is 15.8 Å². The Labute approximate surface area is 226 Å². The van der Waals surface area contributed by atoms with E-state index in [2.05, 4.69) is 31.2 Å². The molecule has 2 aliphatic rings.